The highest BCUT2D eigenvalue weighted by atomic mass is 32.1. The van der Waals surface area contributed by atoms with Crippen molar-refractivity contribution in [2.24, 2.45) is 0 Å². The molecule has 0 saturated carbocycles. The summed E-state index contributed by atoms with van der Waals surface area (Å²) in [7, 11) is 0. The lowest BCUT2D eigenvalue weighted by molar-refractivity contribution is 0.669. The molecule has 0 N–H and O–H groups in total. The van der Waals surface area contributed by atoms with Crippen LogP contribution in [0.15, 0.2) is 156 Å². The van der Waals surface area contributed by atoms with Gasteiger partial charge < -0.3 is 9.32 Å². The second kappa shape index (κ2) is 9.59. The minimum absolute atomic E-state index is 0.884. The monoisotopic (exact) mass is 567 g/mol. The molecule has 9 rings (SSSR count). The van der Waals surface area contributed by atoms with Crippen LogP contribution in [0.2, 0.25) is 0 Å². The lowest BCUT2D eigenvalue weighted by atomic mass is 9.96. The van der Waals surface area contributed by atoms with Crippen molar-refractivity contribution in [2.75, 3.05) is 4.90 Å². The van der Waals surface area contributed by atoms with Crippen molar-refractivity contribution in [3.05, 3.63) is 152 Å². The molecular formula is C40H25NOS. The first kappa shape index (κ1) is 24.2. The molecule has 0 saturated heterocycles. The first-order chi connectivity index (χ1) is 21.3. The second-order valence-corrected chi connectivity index (χ2v) is 12.0. The van der Waals surface area contributed by atoms with E-state index >= 15 is 0 Å². The minimum atomic E-state index is 0.884. The summed E-state index contributed by atoms with van der Waals surface area (Å²) < 4.78 is 9.21. The van der Waals surface area contributed by atoms with Crippen LogP contribution in [0.25, 0.3) is 64.0 Å². The summed E-state index contributed by atoms with van der Waals surface area (Å²) in [6.07, 6.45) is 0. The molecule has 0 spiro atoms. The molecule has 0 unspecified atom stereocenters. The maximum absolute atomic E-state index is 6.62. The van der Waals surface area contributed by atoms with Gasteiger partial charge in [0.15, 0.2) is 5.58 Å². The molecule has 0 atom stereocenters. The Kier molecular flexibility index (Phi) is 5.40. The molecule has 0 fully saturated rings. The van der Waals surface area contributed by atoms with Crippen molar-refractivity contribution in [3.8, 4) is 11.1 Å². The number of thiophene rings is 1. The zero-order valence-electron chi connectivity index (χ0n) is 23.2. The van der Waals surface area contributed by atoms with Gasteiger partial charge in [0, 0.05) is 42.0 Å². The Balaban J connectivity index is 1.37. The van der Waals surface area contributed by atoms with Crippen molar-refractivity contribution in [3.63, 3.8) is 0 Å². The van der Waals surface area contributed by atoms with Crippen LogP contribution in [0.4, 0.5) is 17.1 Å². The van der Waals surface area contributed by atoms with Gasteiger partial charge in [-0.3, -0.25) is 0 Å². The van der Waals surface area contributed by atoms with E-state index in [0.29, 0.717) is 0 Å². The van der Waals surface area contributed by atoms with Gasteiger partial charge >= 0.3 is 0 Å². The quantitative estimate of drug-likeness (QED) is 0.210. The Morgan fingerprint density at radius 2 is 1.14 bits per heavy atom. The van der Waals surface area contributed by atoms with Gasteiger partial charge in [-0.15, -0.1) is 11.3 Å². The SMILES string of the molecule is c1ccc(-c2ccc(N(c3ccc4sc5ccccc5c4c3)c3cccc4c3oc3ccccc34)c3ccccc23)cc1. The Hall–Kier alpha value is -5.38. The van der Waals surface area contributed by atoms with Crippen LogP contribution in [-0.2, 0) is 0 Å². The van der Waals surface area contributed by atoms with E-state index in [9.17, 15) is 0 Å². The number of hydrogen-bond acceptors (Lipinski definition) is 3. The molecule has 0 radical (unpaired) electrons. The lowest BCUT2D eigenvalue weighted by Crippen LogP contribution is -2.11. The second-order valence-electron chi connectivity index (χ2n) is 10.9. The average molecular weight is 568 g/mol. The molecule has 9 aromatic rings. The number of hydrogen-bond donors (Lipinski definition) is 0. The highest BCUT2D eigenvalue weighted by Crippen LogP contribution is 2.47. The third-order valence-electron chi connectivity index (χ3n) is 8.47. The summed E-state index contributed by atoms with van der Waals surface area (Å²) in [6, 6.07) is 54.2. The van der Waals surface area contributed by atoms with Crippen molar-refractivity contribution in [2.45, 2.75) is 0 Å². The highest BCUT2D eigenvalue weighted by molar-refractivity contribution is 7.25. The molecule has 2 heterocycles. The molecule has 43 heavy (non-hydrogen) atoms. The van der Waals surface area contributed by atoms with Gasteiger partial charge in [0.05, 0.1) is 11.4 Å². The lowest BCUT2D eigenvalue weighted by Gasteiger charge is -2.27. The van der Waals surface area contributed by atoms with Crippen molar-refractivity contribution in [1.82, 2.24) is 0 Å². The van der Waals surface area contributed by atoms with Crippen molar-refractivity contribution in [1.29, 1.82) is 0 Å². The van der Waals surface area contributed by atoms with Gasteiger partial charge in [-0.2, -0.15) is 0 Å². The molecule has 3 heteroatoms. The fraction of sp³-hybridized carbons (Fsp3) is 0. The minimum Gasteiger partial charge on any atom is -0.454 e. The zero-order valence-corrected chi connectivity index (χ0v) is 24.0. The van der Waals surface area contributed by atoms with Crippen LogP contribution in [0, 0.1) is 0 Å². The fourth-order valence-corrected chi connectivity index (χ4v) is 7.60. The van der Waals surface area contributed by atoms with Crippen LogP contribution in [0.5, 0.6) is 0 Å². The molecule has 0 aliphatic heterocycles. The first-order valence-electron chi connectivity index (χ1n) is 14.5. The van der Waals surface area contributed by atoms with E-state index in [2.05, 4.69) is 150 Å². The standard InChI is InChI=1S/C40H25NOS/c1-2-11-26(12-3-1)28-22-23-35(30-14-5-4-13-29(28)30)41(27-21-24-39-34(25-27)32-16-7-9-20-38(32)43-39)36-18-10-17-33-31-15-6-8-19-37(31)42-40(33)36/h1-25H. The van der Waals surface area contributed by atoms with Gasteiger partial charge in [0.25, 0.3) is 0 Å². The van der Waals surface area contributed by atoms with Crippen LogP contribution in [0.1, 0.15) is 0 Å². The van der Waals surface area contributed by atoms with Crippen LogP contribution >= 0.6 is 11.3 Å². The molecular weight excluding hydrogens is 543 g/mol. The summed E-state index contributed by atoms with van der Waals surface area (Å²) >= 11 is 1.84. The number of anilines is 3. The average Bonchev–Trinajstić information content (AvgIpc) is 3.64. The van der Waals surface area contributed by atoms with Gasteiger partial charge in [-0.25, -0.2) is 0 Å². The molecule has 2 nitrogen and oxygen atoms in total. The normalized spacial score (nSPS) is 11.7. The molecule has 0 bridgehead atoms. The Morgan fingerprint density at radius 3 is 2.02 bits per heavy atom. The Bertz CT molecular complexity index is 2470. The molecule has 2 aromatic heterocycles. The van der Waals surface area contributed by atoms with E-state index in [1.54, 1.807) is 0 Å². The summed E-state index contributed by atoms with van der Waals surface area (Å²) in [5.74, 6) is 0. The summed E-state index contributed by atoms with van der Waals surface area (Å²) in [4.78, 5) is 2.38. The summed E-state index contributed by atoms with van der Waals surface area (Å²) in [6.45, 7) is 0. The van der Waals surface area contributed by atoms with E-state index in [0.717, 1.165) is 39.0 Å². The van der Waals surface area contributed by atoms with Crippen molar-refractivity contribution < 1.29 is 4.42 Å². The molecule has 0 aliphatic rings. The smallest absolute Gasteiger partial charge is 0.159 e. The molecule has 7 aromatic carbocycles. The predicted octanol–water partition coefficient (Wildman–Crippen LogP) is 12.2. The van der Waals surface area contributed by atoms with E-state index in [4.69, 9.17) is 4.42 Å². The largest absolute Gasteiger partial charge is 0.454 e. The number of para-hydroxylation sites is 2. The Morgan fingerprint density at radius 1 is 0.442 bits per heavy atom. The van der Waals surface area contributed by atoms with E-state index < -0.39 is 0 Å². The van der Waals surface area contributed by atoms with E-state index in [1.165, 1.54) is 42.1 Å². The number of fused-ring (bicyclic) bond motifs is 7. The number of nitrogens with zero attached hydrogens (tertiary/aromatic N) is 1. The van der Waals surface area contributed by atoms with E-state index in [1.807, 2.05) is 17.4 Å². The molecule has 0 amide bonds. The predicted molar refractivity (Wildman–Crippen MR) is 184 cm³/mol. The first-order valence-corrected chi connectivity index (χ1v) is 15.3. The van der Waals surface area contributed by atoms with Crippen LogP contribution < -0.4 is 4.90 Å². The summed E-state index contributed by atoms with van der Waals surface area (Å²) in [5, 5.41) is 7.20. The topological polar surface area (TPSA) is 16.4 Å². The number of rotatable bonds is 4. The number of benzene rings is 7. The Labute approximate surface area is 252 Å². The number of furan rings is 1. The van der Waals surface area contributed by atoms with E-state index in [-0.39, 0.29) is 0 Å². The highest BCUT2D eigenvalue weighted by Gasteiger charge is 2.22. The van der Waals surface area contributed by atoms with Gasteiger partial charge in [0.1, 0.15) is 5.58 Å². The maximum Gasteiger partial charge on any atom is 0.159 e. The van der Waals surface area contributed by atoms with Crippen molar-refractivity contribution >= 4 is 81.3 Å². The zero-order chi connectivity index (χ0) is 28.3. The fourth-order valence-electron chi connectivity index (χ4n) is 6.52. The summed E-state index contributed by atoms with van der Waals surface area (Å²) in [5.41, 5.74) is 7.45. The van der Waals surface area contributed by atoms with Crippen LogP contribution in [-0.4, -0.2) is 0 Å². The third kappa shape index (κ3) is 3.79. The van der Waals surface area contributed by atoms with Gasteiger partial charge in [-0.1, -0.05) is 109 Å². The molecule has 0 aliphatic carbocycles. The van der Waals surface area contributed by atoms with Crippen LogP contribution in [0.3, 0.4) is 0 Å². The third-order valence-corrected chi connectivity index (χ3v) is 9.62. The van der Waals surface area contributed by atoms with Gasteiger partial charge in [0.2, 0.25) is 0 Å². The maximum atomic E-state index is 6.62. The molecule has 202 valence electrons. The van der Waals surface area contributed by atoms with Gasteiger partial charge in [-0.05, 0) is 59.0 Å².